The van der Waals surface area contributed by atoms with E-state index in [4.69, 9.17) is 10.00 Å². The Kier molecular flexibility index (Phi) is 3.70. The Morgan fingerprint density at radius 1 is 1.40 bits per heavy atom. The van der Waals surface area contributed by atoms with Crippen LogP contribution in [0.1, 0.15) is 35.2 Å². The molecular weight excluding hydrogens is 252 g/mol. The van der Waals surface area contributed by atoms with Crippen LogP contribution in [0.2, 0.25) is 0 Å². The molecule has 1 aliphatic carbocycles. The number of ether oxygens (including phenoxy) is 1. The highest BCUT2D eigenvalue weighted by Gasteiger charge is 2.35. The zero-order valence-electron chi connectivity index (χ0n) is 11.4. The van der Waals surface area contributed by atoms with Crippen molar-refractivity contribution in [2.45, 2.75) is 25.3 Å². The summed E-state index contributed by atoms with van der Waals surface area (Å²) in [4.78, 5) is 14.6. The summed E-state index contributed by atoms with van der Waals surface area (Å²) in [6.07, 6.45) is 3.23. The number of carbonyl (C=O) groups excluding carboxylic acids is 1. The van der Waals surface area contributed by atoms with Crippen LogP contribution in [0.3, 0.4) is 0 Å². The van der Waals surface area contributed by atoms with Gasteiger partial charge in [0.15, 0.2) is 0 Å². The van der Waals surface area contributed by atoms with E-state index in [0.717, 1.165) is 39.0 Å². The van der Waals surface area contributed by atoms with E-state index >= 15 is 0 Å². The molecule has 3 rings (SSSR count). The molecule has 0 unspecified atom stereocenters. The van der Waals surface area contributed by atoms with Gasteiger partial charge in [-0.1, -0.05) is 6.07 Å². The average Bonchev–Trinajstić information content (AvgIpc) is 3.20. The summed E-state index contributed by atoms with van der Waals surface area (Å²) < 4.78 is 5.40. The summed E-state index contributed by atoms with van der Waals surface area (Å²) in [6.45, 7) is 2.34. The Morgan fingerprint density at radius 3 is 2.90 bits per heavy atom. The van der Waals surface area contributed by atoms with Crippen molar-refractivity contribution >= 4 is 5.91 Å². The van der Waals surface area contributed by atoms with Gasteiger partial charge in [0.1, 0.15) is 0 Å². The van der Waals surface area contributed by atoms with Crippen molar-refractivity contribution in [2.75, 3.05) is 19.8 Å². The van der Waals surface area contributed by atoms with Crippen LogP contribution in [0.5, 0.6) is 0 Å². The molecular formula is C16H18N2O2. The Balaban J connectivity index is 1.76. The smallest absolute Gasteiger partial charge is 0.254 e. The molecule has 1 heterocycles. The van der Waals surface area contributed by atoms with Gasteiger partial charge in [-0.25, -0.2) is 0 Å². The highest BCUT2D eigenvalue weighted by molar-refractivity contribution is 5.95. The van der Waals surface area contributed by atoms with Crippen molar-refractivity contribution in [3.05, 3.63) is 35.4 Å². The van der Waals surface area contributed by atoms with Crippen molar-refractivity contribution in [1.29, 1.82) is 5.26 Å². The second kappa shape index (κ2) is 5.64. The zero-order valence-corrected chi connectivity index (χ0v) is 11.4. The van der Waals surface area contributed by atoms with Crippen LogP contribution in [0.25, 0.3) is 0 Å². The summed E-state index contributed by atoms with van der Waals surface area (Å²) in [5.41, 5.74) is 1.16. The van der Waals surface area contributed by atoms with E-state index in [9.17, 15) is 4.79 Å². The maximum atomic E-state index is 12.7. The molecule has 1 saturated heterocycles. The number of carbonyl (C=O) groups is 1. The number of rotatable bonds is 4. The van der Waals surface area contributed by atoms with Gasteiger partial charge < -0.3 is 9.64 Å². The van der Waals surface area contributed by atoms with Crippen LogP contribution >= 0.6 is 0 Å². The summed E-state index contributed by atoms with van der Waals surface area (Å²) in [5, 5.41) is 8.94. The average molecular weight is 270 g/mol. The van der Waals surface area contributed by atoms with Gasteiger partial charge in [-0.15, -0.1) is 0 Å². The molecule has 1 amide bonds. The lowest BCUT2D eigenvalue weighted by Crippen LogP contribution is -2.37. The van der Waals surface area contributed by atoms with Crippen molar-refractivity contribution in [3.8, 4) is 6.07 Å². The first-order valence-corrected chi connectivity index (χ1v) is 7.17. The first kappa shape index (κ1) is 13.1. The number of hydrogen-bond donors (Lipinski definition) is 0. The van der Waals surface area contributed by atoms with Crippen LogP contribution in [0.15, 0.2) is 24.3 Å². The van der Waals surface area contributed by atoms with Gasteiger partial charge in [-0.3, -0.25) is 4.79 Å². The van der Waals surface area contributed by atoms with Crippen molar-refractivity contribution in [1.82, 2.24) is 4.90 Å². The summed E-state index contributed by atoms with van der Waals surface area (Å²) >= 11 is 0. The van der Waals surface area contributed by atoms with E-state index in [2.05, 4.69) is 6.07 Å². The minimum atomic E-state index is 0.0523. The first-order chi connectivity index (χ1) is 9.78. The van der Waals surface area contributed by atoms with E-state index in [1.165, 1.54) is 0 Å². The standard InChI is InChI=1S/C16H18N2O2/c17-9-12-2-1-3-14(8-12)16(19)18(15-4-5-15)10-13-6-7-20-11-13/h1-3,8,13,15H,4-7,10-11H2/t13-/m1/s1. The van der Waals surface area contributed by atoms with Gasteiger partial charge in [0.05, 0.1) is 18.2 Å². The lowest BCUT2D eigenvalue weighted by atomic mass is 10.1. The lowest BCUT2D eigenvalue weighted by molar-refractivity contribution is 0.0706. The van der Waals surface area contributed by atoms with Crippen LogP contribution in [-0.4, -0.2) is 36.6 Å². The van der Waals surface area contributed by atoms with E-state index < -0.39 is 0 Å². The van der Waals surface area contributed by atoms with Crippen LogP contribution in [0, 0.1) is 17.2 Å². The number of nitrogens with zero attached hydrogens (tertiary/aromatic N) is 2. The molecule has 20 heavy (non-hydrogen) atoms. The molecule has 1 atom stereocenters. The SMILES string of the molecule is N#Cc1cccc(C(=O)N(C[C@H]2CCOC2)C2CC2)c1. The van der Waals surface area contributed by atoms with Gasteiger partial charge in [0, 0.05) is 30.7 Å². The number of hydrogen-bond acceptors (Lipinski definition) is 3. The lowest BCUT2D eigenvalue weighted by Gasteiger charge is -2.25. The Labute approximate surface area is 118 Å². The number of amides is 1. The first-order valence-electron chi connectivity index (χ1n) is 7.17. The van der Waals surface area contributed by atoms with Gasteiger partial charge in [0.2, 0.25) is 0 Å². The molecule has 2 aliphatic rings. The van der Waals surface area contributed by atoms with E-state index in [1.807, 2.05) is 4.90 Å². The molecule has 0 N–H and O–H groups in total. The predicted octanol–water partition coefficient (Wildman–Crippen LogP) is 2.20. The molecule has 1 aromatic rings. The fourth-order valence-corrected chi connectivity index (χ4v) is 2.68. The normalized spacial score (nSPS) is 21.4. The Morgan fingerprint density at radius 2 is 2.25 bits per heavy atom. The fraction of sp³-hybridized carbons (Fsp3) is 0.500. The zero-order chi connectivity index (χ0) is 13.9. The second-order valence-electron chi connectivity index (χ2n) is 5.61. The third-order valence-electron chi connectivity index (χ3n) is 3.97. The highest BCUT2D eigenvalue weighted by atomic mass is 16.5. The molecule has 0 spiro atoms. The van der Waals surface area contributed by atoms with Crippen molar-refractivity contribution < 1.29 is 9.53 Å². The second-order valence-corrected chi connectivity index (χ2v) is 5.61. The Hall–Kier alpha value is -1.86. The summed E-state index contributed by atoms with van der Waals surface area (Å²) in [5.74, 6) is 0.509. The van der Waals surface area contributed by atoms with Crippen molar-refractivity contribution in [3.63, 3.8) is 0 Å². The summed E-state index contributed by atoms with van der Waals surface area (Å²) in [7, 11) is 0. The number of nitriles is 1. The maximum absolute atomic E-state index is 12.7. The molecule has 1 aromatic carbocycles. The Bertz CT molecular complexity index is 540. The van der Waals surface area contributed by atoms with E-state index in [-0.39, 0.29) is 5.91 Å². The topological polar surface area (TPSA) is 53.3 Å². The van der Waals surface area contributed by atoms with Gasteiger partial charge in [0.25, 0.3) is 5.91 Å². The van der Waals surface area contributed by atoms with Gasteiger partial charge in [-0.05, 0) is 37.5 Å². The van der Waals surface area contributed by atoms with Crippen LogP contribution < -0.4 is 0 Å². The van der Waals surface area contributed by atoms with Crippen molar-refractivity contribution in [2.24, 2.45) is 5.92 Å². The fourth-order valence-electron chi connectivity index (χ4n) is 2.68. The van der Waals surface area contributed by atoms with Gasteiger partial charge >= 0.3 is 0 Å². The molecule has 2 fully saturated rings. The molecule has 0 aromatic heterocycles. The minimum Gasteiger partial charge on any atom is -0.381 e. The highest BCUT2D eigenvalue weighted by Crippen LogP contribution is 2.30. The minimum absolute atomic E-state index is 0.0523. The van der Waals surface area contributed by atoms with E-state index in [0.29, 0.717) is 23.1 Å². The van der Waals surface area contributed by atoms with Crippen LogP contribution in [0.4, 0.5) is 0 Å². The summed E-state index contributed by atoms with van der Waals surface area (Å²) in [6, 6.07) is 9.45. The predicted molar refractivity (Wildman–Crippen MR) is 74.1 cm³/mol. The van der Waals surface area contributed by atoms with E-state index in [1.54, 1.807) is 24.3 Å². The quantitative estimate of drug-likeness (QED) is 0.842. The molecule has 4 nitrogen and oxygen atoms in total. The largest absolute Gasteiger partial charge is 0.381 e. The van der Waals surface area contributed by atoms with Gasteiger partial charge in [-0.2, -0.15) is 5.26 Å². The monoisotopic (exact) mass is 270 g/mol. The molecule has 0 radical (unpaired) electrons. The molecule has 1 saturated carbocycles. The maximum Gasteiger partial charge on any atom is 0.254 e. The molecule has 104 valence electrons. The number of benzene rings is 1. The third kappa shape index (κ3) is 2.83. The molecule has 4 heteroatoms. The molecule has 0 bridgehead atoms. The van der Waals surface area contributed by atoms with Crippen LogP contribution in [-0.2, 0) is 4.74 Å². The third-order valence-corrected chi connectivity index (χ3v) is 3.97. The molecule has 1 aliphatic heterocycles.